The van der Waals surface area contributed by atoms with Crippen LogP contribution >= 0.6 is 0 Å². The maximum absolute atomic E-state index is 12.3. The summed E-state index contributed by atoms with van der Waals surface area (Å²) >= 11 is 0. The lowest BCUT2D eigenvalue weighted by molar-refractivity contribution is -0.137. The number of carbonyl (C=O) groups is 1. The minimum absolute atomic E-state index is 0.0602. The average Bonchev–Trinajstić information content (AvgIpc) is 2.36. The Kier molecular flexibility index (Phi) is 6.74. The topological polar surface area (TPSA) is 86.7 Å². The largest absolute Gasteiger partial charge is 0.481 e. The van der Waals surface area contributed by atoms with Gasteiger partial charge in [0.15, 0.2) is 0 Å². The van der Waals surface area contributed by atoms with Crippen LogP contribution in [-0.4, -0.2) is 55.7 Å². The van der Waals surface area contributed by atoms with E-state index in [2.05, 4.69) is 5.32 Å². The van der Waals surface area contributed by atoms with Gasteiger partial charge in [-0.15, -0.1) is 0 Å². The predicted octanol–water partition coefficient (Wildman–Crippen LogP) is 0.645. The summed E-state index contributed by atoms with van der Waals surface area (Å²) in [5, 5.41) is 11.6. The summed E-state index contributed by atoms with van der Waals surface area (Å²) in [4.78, 5) is 10.5. The Hall–Kier alpha value is -0.660. The molecule has 0 aromatic carbocycles. The van der Waals surface area contributed by atoms with Crippen molar-refractivity contribution in [2.45, 2.75) is 44.6 Å². The quantitative estimate of drug-likeness (QED) is 0.686. The second kappa shape index (κ2) is 7.81. The first-order valence-corrected chi connectivity index (χ1v) is 8.44. The van der Waals surface area contributed by atoms with Crippen LogP contribution in [0.25, 0.3) is 0 Å². The second-order valence-electron chi connectivity index (χ2n) is 4.97. The van der Waals surface area contributed by atoms with E-state index >= 15 is 0 Å². The van der Waals surface area contributed by atoms with Gasteiger partial charge in [-0.3, -0.25) is 4.79 Å². The molecule has 0 radical (unpaired) electrons. The third-order valence-corrected chi connectivity index (χ3v) is 5.45. The van der Waals surface area contributed by atoms with E-state index in [9.17, 15) is 13.2 Å². The molecule has 0 aromatic rings. The number of piperidine rings is 1. The summed E-state index contributed by atoms with van der Waals surface area (Å²) in [6.45, 7) is 1.37. The Morgan fingerprint density at radius 3 is 2.79 bits per heavy atom. The monoisotopic (exact) mass is 292 g/mol. The van der Waals surface area contributed by atoms with Crippen molar-refractivity contribution in [3.8, 4) is 0 Å². The molecular weight excluding hydrogens is 268 g/mol. The first kappa shape index (κ1) is 16.4. The number of hydrogen-bond acceptors (Lipinski definition) is 4. The molecule has 7 heteroatoms. The SMILES string of the molecule is CNCCC1CCCCN1S(=O)(=O)CCCC(=O)O. The highest BCUT2D eigenvalue weighted by Crippen LogP contribution is 2.23. The molecule has 1 saturated heterocycles. The number of sulfonamides is 1. The van der Waals surface area contributed by atoms with Gasteiger partial charge in [0.05, 0.1) is 5.75 Å². The van der Waals surface area contributed by atoms with Gasteiger partial charge < -0.3 is 10.4 Å². The summed E-state index contributed by atoms with van der Waals surface area (Å²) in [6.07, 6.45) is 3.78. The molecule has 1 aliphatic heterocycles. The molecular formula is C12H24N2O4S. The Morgan fingerprint density at radius 2 is 2.16 bits per heavy atom. The Labute approximate surface area is 115 Å². The van der Waals surface area contributed by atoms with Gasteiger partial charge in [0.1, 0.15) is 0 Å². The first-order chi connectivity index (χ1) is 8.97. The number of nitrogens with zero attached hydrogens (tertiary/aromatic N) is 1. The predicted molar refractivity (Wildman–Crippen MR) is 73.5 cm³/mol. The van der Waals surface area contributed by atoms with Crippen LogP contribution in [0, 0.1) is 0 Å². The highest BCUT2D eigenvalue weighted by Gasteiger charge is 2.31. The minimum atomic E-state index is -3.32. The molecule has 0 spiro atoms. The highest BCUT2D eigenvalue weighted by molar-refractivity contribution is 7.89. The molecule has 112 valence electrons. The second-order valence-corrected chi connectivity index (χ2v) is 7.01. The number of nitrogens with one attached hydrogen (secondary N) is 1. The Balaban J connectivity index is 2.58. The van der Waals surface area contributed by atoms with E-state index in [1.54, 1.807) is 4.31 Å². The molecule has 2 N–H and O–H groups in total. The van der Waals surface area contributed by atoms with Gasteiger partial charge in [0.2, 0.25) is 10.0 Å². The van der Waals surface area contributed by atoms with Gasteiger partial charge in [0.25, 0.3) is 0 Å². The molecule has 1 unspecified atom stereocenters. The molecule has 1 atom stereocenters. The fourth-order valence-electron chi connectivity index (χ4n) is 2.46. The maximum atomic E-state index is 12.3. The molecule has 1 rings (SSSR count). The zero-order valence-corrected chi connectivity index (χ0v) is 12.3. The molecule has 0 amide bonds. The smallest absolute Gasteiger partial charge is 0.303 e. The van der Waals surface area contributed by atoms with Gasteiger partial charge in [-0.2, -0.15) is 4.31 Å². The molecule has 19 heavy (non-hydrogen) atoms. The van der Waals surface area contributed by atoms with Gasteiger partial charge in [-0.05, 0) is 39.3 Å². The van der Waals surface area contributed by atoms with Crippen LogP contribution in [0.3, 0.4) is 0 Å². The zero-order chi connectivity index (χ0) is 14.3. The molecule has 1 aliphatic rings. The number of rotatable bonds is 8. The normalized spacial score (nSPS) is 21.4. The highest BCUT2D eigenvalue weighted by atomic mass is 32.2. The summed E-state index contributed by atoms with van der Waals surface area (Å²) in [7, 11) is -1.46. The first-order valence-electron chi connectivity index (χ1n) is 6.83. The Morgan fingerprint density at radius 1 is 1.42 bits per heavy atom. The summed E-state index contributed by atoms with van der Waals surface area (Å²) in [6, 6.07) is 0.0658. The van der Waals surface area contributed by atoms with E-state index in [4.69, 9.17) is 5.11 Å². The van der Waals surface area contributed by atoms with Crippen LogP contribution in [0.5, 0.6) is 0 Å². The number of aliphatic carboxylic acids is 1. The van der Waals surface area contributed by atoms with Gasteiger partial charge in [0, 0.05) is 19.0 Å². The van der Waals surface area contributed by atoms with Crippen molar-refractivity contribution in [1.29, 1.82) is 0 Å². The fourth-order valence-corrected chi connectivity index (χ4v) is 4.28. The van der Waals surface area contributed by atoms with Crippen LogP contribution in [0.1, 0.15) is 38.5 Å². The molecule has 0 aromatic heterocycles. The van der Waals surface area contributed by atoms with Gasteiger partial charge >= 0.3 is 5.97 Å². The van der Waals surface area contributed by atoms with Gasteiger partial charge in [-0.1, -0.05) is 6.42 Å². The number of carboxylic acid groups (broad SMARTS) is 1. The van der Waals surface area contributed by atoms with Crippen LogP contribution in [0.2, 0.25) is 0 Å². The lowest BCUT2D eigenvalue weighted by atomic mass is 10.0. The number of hydrogen-bond donors (Lipinski definition) is 2. The molecule has 6 nitrogen and oxygen atoms in total. The van der Waals surface area contributed by atoms with E-state index in [-0.39, 0.29) is 24.6 Å². The molecule has 1 heterocycles. The van der Waals surface area contributed by atoms with Crippen molar-refractivity contribution < 1.29 is 18.3 Å². The van der Waals surface area contributed by atoms with Crippen molar-refractivity contribution >= 4 is 16.0 Å². The van der Waals surface area contributed by atoms with Crippen molar-refractivity contribution in [2.24, 2.45) is 0 Å². The minimum Gasteiger partial charge on any atom is -0.481 e. The Bertz CT molecular complexity index is 383. The van der Waals surface area contributed by atoms with Gasteiger partial charge in [-0.25, -0.2) is 8.42 Å². The molecule has 1 fully saturated rings. The fraction of sp³-hybridized carbons (Fsp3) is 0.917. The van der Waals surface area contributed by atoms with E-state index in [1.807, 2.05) is 7.05 Å². The molecule has 0 saturated carbocycles. The van der Waals surface area contributed by atoms with Crippen LogP contribution in [-0.2, 0) is 14.8 Å². The van der Waals surface area contributed by atoms with Crippen molar-refractivity contribution in [2.75, 3.05) is 25.9 Å². The van der Waals surface area contributed by atoms with E-state index < -0.39 is 16.0 Å². The average molecular weight is 292 g/mol. The van der Waals surface area contributed by atoms with E-state index in [0.29, 0.717) is 6.54 Å². The van der Waals surface area contributed by atoms with Crippen LogP contribution in [0.4, 0.5) is 0 Å². The third-order valence-electron chi connectivity index (χ3n) is 3.45. The summed E-state index contributed by atoms with van der Waals surface area (Å²) in [5.41, 5.74) is 0. The standard InChI is InChI=1S/C12H24N2O4S/c1-13-8-7-11-5-2-3-9-14(11)19(17,18)10-4-6-12(15)16/h11,13H,2-10H2,1H3,(H,15,16). The third kappa shape index (κ3) is 5.46. The maximum Gasteiger partial charge on any atom is 0.303 e. The summed E-state index contributed by atoms with van der Waals surface area (Å²) < 4.78 is 26.1. The van der Waals surface area contributed by atoms with Crippen molar-refractivity contribution in [1.82, 2.24) is 9.62 Å². The summed E-state index contributed by atoms with van der Waals surface area (Å²) in [5.74, 6) is -1.00. The molecule has 0 bridgehead atoms. The lowest BCUT2D eigenvalue weighted by Crippen LogP contribution is -2.45. The zero-order valence-electron chi connectivity index (χ0n) is 11.5. The van der Waals surface area contributed by atoms with E-state index in [1.165, 1.54) is 0 Å². The van der Waals surface area contributed by atoms with Crippen LogP contribution in [0.15, 0.2) is 0 Å². The lowest BCUT2D eigenvalue weighted by Gasteiger charge is -2.34. The van der Waals surface area contributed by atoms with Crippen LogP contribution < -0.4 is 5.32 Å². The van der Waals surface area contributed by atoms with E-state index in [0.717, 1.165) is 32.2 Å². The number of carboxylic acids is 1. The molecule has 0 aliphatic carbocycles. The van der Waals surface area contributed by atoms with Crippen molar-refractivity contribution in [3.63, 3.8) is 0 Å². The van der Waals surface area contributed by atoms with Crippen molar-refractivity contribution in [3.05, 3.63) is 0 Å².